The second kappa shape index (κ2) is 4.63. The zero-order valence-corrected chi connectivity index (χ0v) is 9.63. The van der Waals surface area contributed by atoms with Crippen molar-refractivity contribution in [3.63, 3.8) is 0 Å². The van der Waals surface area contributed by atoms with Gasteiger partial charge in [-0.3, -0.25) is 0 Å². The van der Waals surface area contributed by atoms with Crippen molar-refractivity contribution in [1.82, 2.24) is 10.2 Å². The first kappa shape index (κ1) is 10.4. The zero-order chi connectivity index (χ0) is 9.97. The fourth-order valence-electron chi connectivity index (χ4n) is 2.66. The van der Waals surface area contributed by atoms with Crippen LogP contribution in [0.2, 0.25) is 0 Å². The molecule has 2 atom stereocenters. The van der Waals surface area contributed by atoms with E-state index in [0.29, 0.717) is 0 Å². The number of piperidine rings is 1. The molecular formula is C12H24N2. The number of hydrogen-bond acceptors (Lipinski definition) is 2. The predicted molar refractivity (Wildman–Crippen MR) is 60.4 cm³/mol. The van der Waals surface area contributed by atoms with E-state index in [2.05, 4.69) is 24.1 Å². The molecule has 2 fully saturated rings. The molecule has 0 saturated carbocycles. The van der Waals surface area contributed by atoms with Gasteiger partial charge in [0.1, 0.15) is 0 Å². The van der Waals surface area contributed by atoms with Crippen LogP contribution in [0, 0.1) is 11.8 Å². The molecule has 0 aromatic heterocycles. The Morgan fingerprint density at radius 1 is 1.36 bits per heavy atom. The lowest BCUT2D eigenvalue weighted by atomic mass is 9.87. The van der Waals surface area contributed by atoms with E-state index in [1.54, 1.807) is 0 Å². The van der Waals surface area contributed by atoms with Crippen molar-refractivity contribution in [2.75, 3.05) is 26.2 Å². The molecule has 1 N–H and O–H groups in total. The van der Waals surface area contributed by atoms with Crippen molar-refractivity contribution in [1.29, 1.82) is 0 Å². The van der Waals surface area contributed by atoms with Crippen molar-refractivity contribution in [3.8, 4) is 0 Å². The van der Waals surface area contributed by atoms with Crippen LogP contribution in [0.5, 0.6) is 0 Å². The van der Waals surface area contributed by atoms with Gasteiger partial charge in [-0.15, -0.1) is 0 Å². The van der Waals surface area contributed by atoms with Crippen molar-refractivity contribution >= 4 is 0 Å². The van der Waals surface area contributed by atoms with Crippen LogP contribution in [-0.2, 0) is 0 Å². The maximum Gasteiger partial charge on any atom is 0.00670 e. The molecule has 82 valence electrons. The fraction of sp³-hybridized carbons (Fsp3) is 1.00. The van der Waals surface area contributed by atoms with Crippen LogP contribution in [0.1, 0.15) is 33.1 Å². The summed E-state index contributed by atoms with van der Waals surface area (Å²) in [6.07, 6.45) is 4.27. The summed E-state index contributed by atoms with van der Waals surface area (Å²) in [6.45, 7) is 9.99. The average Bonchev–Trinajstić information content (AvgIpc) is 2.05. The molecule has 2 unspecified atom stereocenters. The van der Waals surface area contributed by atoms with Gasteiger partial charge in [0, 0.05) is 12.6 Å². The van der Waals surface area contributed by atoms with Crippen molar-refractivity contribution in [3.05, 3.63) is 0 Å². The van der Waals surface area contributed by atoms with Gasteiger partial charge >= 0.3 is 0 Å². The van der Waals surface area contributed by atoms with Gasteiger partial charge in [-0.2, -0.15) is 0 Å². The molecule has 0 amide bonds. The van der Waals surface area contributed by atoms with E-state index in [0.717, 1.165) is 17.9 Å². The second-order valence-corrected chi connectivity index (χ2v) is 5.24. The van der Waals surface area contributed by atoms with E-state index >= 15 is 0 Å². The molecule has 0 radical (unpaired) electrons. The third kappa shape index (κ3) is 2.29. The molecule has 0 aromatic carbocycles. The van der Waals surface area contributed by atoms with E-state index in [1.807, 2.05) is 0 Å². The summed E-state index contributed by atoms with van der Waals surface area (Å²) in [5.74, 6) is 1.83. The molecular weight excluding hydrogens is 172 g/mol. The van der Waals surface area contributed by atoms with Gasteiger partial charge in [0.05, 0.1) is 0 Å². The largest absolute Gasteiger partial charge is 0.316 e. The maximum atomic E-state index is 3.37. The molecule has 2 heterocycles. The Labute approximate surface area is 88.1 Å². The Hall–Kier alpha value is -0.0800. The molecule has 2 nitrogen and oxygen atoms in total. The molecule has 2 heteroatoms. The van der Waals surface area contributed by atoms with Gasteiger partial charge in [0.2, 0.25) is 0 Å². The van der Waals surface area contributed by atoms with E-state index in [9.17, 15) is 0 Å². The molecule has 0 bridgehead atoms. The Bertz CT molecular complexity index is 177. The number of hydrogen-bond donors (Lipinski definition) is 1. The lowest BCUT2D eigenvalue weighted by Gasteiger charge is -2.39. The van der Waals surface area contributed by atoms with Crippen LogP contribution < -0.4 is 5.32 Å². The highest BCUT2D eigenvalue weighted by atomic mass is 15.2. The number of rotatable bonds is 3. The van der Waals surface area contributed by atoms with Crippen molar-refractivity contribution < 1.29 is 0 Å². The van der Waals surface area contributed by atoms with Crippen molar-refractivity contribution in [2.24, 2.45) is 11.8 Å². The lowest BCUT2D eigenvalue weighted by molar-refractivity contribution is 0.108. The minimum absolute atomic E-state index is 0.833. The molecule has 2 aliphatic heterocycles. The first-order chi connectivity index (χ1) is 6.77. The van der Waals surface area contributed by atoms with Crippen LogP contribution in [0.4, 0.5) is 0 Å². The van der Waals surface area contributed by atoms with E-state index in [1.165, 1.54) is 45.4 Å². The van der Waals surface area contributed by atoms with E-state index in [4.69, 9.17) is 0 Å². The zero-order valence-electron chi connectivity index (χ0n) is 9.63. The third-order valence-electron chi connectivity index (χ3n) is 4.08. The summed E-state index contributed by atoms with van der Waals surface area (Å²) in [6, 6.07) is 0.833. The monoisotopic (exact) mass is 196 g/mol. The van der Waals surface area contributed by atoms with Gasteiger partial charge in [-0.1, -0.05) is 13.3 Å². The summed E-state index contributed by atoms with van der Waals surface area (Å²) in [5, 5.41) is 3.37. The Kier molecular flexibility index (Phi) is 3.45. The Morgan fingerprint density at radius 2 is 2.14 bits per heavy atom. The predicted octanol–water partition coefficient (Wildman–Crippen LogP) is 1.72. The highest BCUT2D eigenvalue weighted by Gasteiger charge is 2.27. The minimum Gasteiger partial charge on any atom is -0.316 e. The minimum atomic E-state index is 0.833. The molecule has 0 aromatic rings. The van der Waals surface area contributed by atoms with Crippen LogP contribution in [-0.4, -0.2) is 37.1 Å². The fourth-order valence-corrected chi connectivity index (χ4v) is 2.66. The molecule has 14 heavy (non-hydrogen) atoms. The first-order valence-electron chi connectivity index (χ1n) is 6.22. The summed E-state index contributed by atoms with van der Waals surface area (Å²) in [7, 11) is 0. The molecule has 2 aliphatic rings. The SMILES string of the molecule is CC(CN1CCCCC1C)C1CNC1. The molecule has 0 spiro atoms. The number of nitrogens with one attached hydrogen (secondary N) is 1. The Balaban J connectivity index is 1.76. The standard InChI is InChI=1S/C12H24N2/c1-10(12-7-13-8-12)9-14-6-4-3-5-11(14)2/h10-13H,3-9H2,1-2H3. The van der Waals surface area contributed by atoms with Crippen LogP contribution >= 0.6 is 0 Å². The lowest BCUT2D eigenvalue weighted by Crippen LogP contribution is -2.50. The van der Waals surface area contributed by atoms with Crippen LogP contribution in [0.15, 0.2) is 0 Å². The summed E-state index contributed by atoms with van der Waals surface area (Å²) < 4.78 is 0. The van der Waals surface area contributed by atoms with Crippen molar-refractivity contribution in [2.45, 2.75) is 39.2 Å². The highest BCUT2D eigenvalue weighted by Crippen LogP contribution is 2.22. The second-order valence-electron chi connectivity index (χ2n) is 5.24. The van der Waals surface area contributed by atoms with E-state index in [-0.39, 0.29) is 0 Å². The molecule has 0 aliphatic carbocycles. The summed E-state index contributed by atoms with van der Waals surface area (Å²) in [5.41, 5.74) is 0. The van der Waals surface area contributed by atoms with Crippen LogP contribution in [0.25, 0.3) is 0 Å². The van der Waals surface area contributed by atoms with Crippen LogP contribution in [0.3, 0.4) is 0 Å². The normalized spacial score (nSPS) is 32.6. The van der Waals surface area contributed by atoms with Gasteiger partial charge in [-0.05, 0) is 51.2 Å². The number of nitrogens with zero attached hydrogens (tertiary/aromatic N) is 1. The Morgan fingerprint density at radius 3 is 2.71 bits per heavy atom. The van der Waals surface area contributed by atoms with Gasteiger partial charge < -0.3 is 10.2 Å². The maximum absolute atomic E-state index is 3.37. The summed E-state index contributed by atoms with van der Waals surface area (Å²) in [4.78, 5) is 2.70. The third-order valence-corrected chi connectivity index (χ3v) is 4.08. The first-order valence-corrected chi connectivity index (χ1v) is 6.22. The highest BCUT2D eigenvalue weighted by molar-refractivity contribution is 4.83. The molecule has 2 saturated heterocycles. The average molecular weight is 196 g/mol. The number of likely N-dealkylation sites (tertiary alicyclic amines) is 1. The van der Waals surface area contributed by atoms with Gasteiger partial charge in [-0.25, -0.2) is 0 Å². The van der Waals surface area contributed by atoms with Gasteiger partial charge in [0.15, 0.2) is 0 Å². The summed E-state index contributed by atoms with van der Waals surface area (Å²) >= 11 is 0. The smallest absolute Gasteiger partial charge is 0.00670 e. The van der Waals surface area contributed by atoms with Gasteiger partial charge in [0.25, 0.3) is 0 Å². The topological polar surface area (TPSA) is 15.3 Å². The van der Waals surface area contributed by atoms with E-state index < -0.39 is 0 Å². The molecule has 2 rings (SSSR count). The quantitative estimate of drug-likeness (QED) is 0.739.